The molecule has 92 valence electrons. The first-order valence-electron chi connectivity index (χ1n) is 5.10. The van der Waals surface area contributed by atoms with Crippen molar-refractivity contribution < 1.29 is 13.5 Å². The molecule has 0 atom stereocenters. The van der Waals surface area contributed by atoms with Crippen LogP contribution < -0.4 is 5.32 Å². The molecule has 0 aliphatic rings. The van der Waals surface area contributed by atoms with Crippen molar-refractivity contribution in [2.45, 2.75) is 26.3 Å². The number of rotatable bonds is 8. The Labute approximate surface area is 97.0 Å². The summed E-state index contributed by atoms with van der Waals surface area (Å²) in [5.74, 6) is 0. The van der Waals surface area contributed by atoms with Crippen molar-refractivity contribution in [3.63, 3.8) is 0 Å². The molecule has 0 spiro atoms. The minimum absolute atomic E-state index is 0.264. The highest BCUT2D eigenvalue weighted by molar-refractivity contribution is 7.11. The second-order valence-corrected chi connectivity index (χ2v) is 4.23. The van der Waals surface area contributed by atoms with Gasteiger partial charge in [0.25, 0.3) is 6.43 Å². The molecule has 0 unspecified atom stereocenters. The highest BCUT2D eigenvalue weighted by atomic mass is 32.1. The molecule has 7 heteroatoms. The Kier molecular flexibility index (Phi) is 6.36. The number of halogens is 2. The molecule has 0 aliphatic heterocycles. The number of alkyl halides is 2. The molecule has 0 saturated heterocycles. The maximum absolute atomic E-state index is 11.7. The molecule has 1 heterocycles. The lowest BCUT2D eigenvalue weighted by atomic mass is 10.5. The van der Waals surface area contributed by atoms with Gasteiger partial charge in [-0.25, -0.2) is 8.78 Å². The third kappa shape index (κ3) is 5.43. The second-order valence-electron chi connectivity index (χ2n) is 3.09. The van der Waals surface area contributed by atoms with Gasteiger partial charge in [0.2, 0.25) is 0 Å². The fourth-order valence-electron chi connectivity index (χ4n) is 1.02. The fraction of sp³-hybridized carbons (Fsp3) is 0.778. The highest BCUT2D eigenvalue weighted by Gasteiger charge is 2.05. The lowest BCUT2D eigenvalue weighted by Gasteiger charge is -2.00. The summed E-state index contributed by atoms with van der Waals surface area (Å²) in [6, 6.07) is 0. The fourth-order valence-corrected chi connectivity index (χ4v) is 1.82. The van der Waals surface area contributed by atoms with Gasteiger partial charge in [-0.15, -0.1) is 21.5 Å². The van der Waals surface area contributed by atoms with Crippen molar-refractivity contribution in [1.82, 2.24) is 15.5 Å². The Morgan fingerprint density at radius 3 is 2.81 bits per heavy atom. The summed E-state index contributed by atoms with van der Waals surface area (Å²) in [7, 11) is 0. The highest BCUT2D eigenvalue weighted by Crippen LogP contribution is 2.10. The molecule has 0 aromatic carbocycles. The van der Waals surface area contributed by atoms with Crippen LogP contribution in [0.5, 0.6) is 0 Å². The average molecular weight is 251 g/mol. The molecule has 0 fully saturated rings. The summed E-state index contributed by atoms with van der Waals surface area (Å²) in [4.78, 5) is 0. The van der Waals surface area contributed by atoms with Crippen molar-refractivity contribution >= 4 is 11.3 Å². The van der Waals surface area contributed by atoms with Gasteiger partial charge in [-0.1, -0.05) is 6.92 Å². The molecule has 1 rings (SSSR count). The van der Waals surface area contributed by atoms with E-state index in [0.29, 0.717) is 13.0 Å². The summed E-state index contributed by atoms with van der Waals surface area (Å²) in [6.45, 7) is 3.35. The van der Waals surface area contributed by atoms with Gasteiger partial charge in [-0.05, 0) is 6.54 Å². The van der Waals surface area contributed by atoms with Crippen molar-refractivity contribution in [2.75, 3.05) is 19.8 Å². The van der Waals surface area contributed by atoms with Crippen LogP contribution in [-0.4, -0.2) is 36.4 Å². The molecule has 1 aromatic heterocycles. The first kappa shape index (κ1) is 13.4. The van der Waals surface area contributed by atoms with Crippen LogP contribution in [0.1, 0.15) is 16.9 Å². The van der Waals surface area contributed by atoms with Gasteiger partial charge in [0, 0.05) is 13.0 Å². The summed E-state index contributed by atoms with van der Waals surface area (Å²) < 4.78 is 28.3. The summed E-state index contributed by atoms with van der Waals surface area (Å²) in [5.41, 5.74) is 0. The molecule has 0 radical (unpaired) electrons. The van der Waals surface area contributed by atoms with Crippen molar-refractivity contribution in [3.05, 3.63) is 10.0 Å². The van der Waals surface area contributed by atoms with E-state index in [9.17, 15) is 8.78 Å². The minimum atomic E-state index is -2.40. The van der Waals surface area contributed by atoms with Crippen molar-refractivity contribution in [2.24, 2.45) is 0 Å². The van der Waals surface area contributed by atoms with Crippen molar-refractivity contribution in [3.8, 4) is 0 Å². The summed E-state index contributed by atoms with van der Waals surface area (Å²) >= 11 is 1.48. The normalized spacial score (nSPS) is 11.2. The first-order chi connectivity index (χ1) is 7.72. The summed E-state index contributed by atoms with van der Waals surface area (Å²) in [6.07, 6.45) is -1.87. The molecule has 16 heavy (non-hydrogen) atoms. The zero-order valence-electron chi connectivity index (χ0n) is 9.08. The van der Waals surface area contributed by atoms with Crippen LogP contribution in [0.3, 0.4) is 0 Å². The van der Waals surface area contributed by atoms with Crippen LogP contribution in [0.15, 0.2) is 0 Å². The Morgan fingerprint density at radius 1 is 1.38 bits per heavy atom. The van der Waals surface area contributed by atoms with E-state index in [4.69, 9.17) is 4.74 Å². The van der Waals surface area contributed by atoms with Crippen LogP contribution in [0.2, 0.25) is 0 Å². The molecule has 4 nitrogen and oxygen atoms in total. The number of hydrogen-bond acceptors (Lipinski definition) is 5. The number of aromatic nitrogens is 2. The molecule has 0 amide bonds. The van der Waals surface area contributed by atoms with E-state index in [1.54, 1.807) is 0 Å². The molecular weight excluding hydrogens is 236 g/mol. The van der Waals surface area contributed by atoms with Gasteiger partial charge < -0.3 is 10.1 Å². The van der Waals surface area contributed by atoms with E-state index in [2.05, 4.69) is 15.5 Å². The van der Waals surface area contributed by atoms with Gasteiger partial charge in [-0.2, -0.15) is 0 Å². The number of hydrogen-bond donors (Lipinski definition) is 1. The second kappa shape index (κ2) is 7.59. The predicted octanol–water partition coefficient (Wildman–Crippen LogP) is 1.47. The van der Waals surface area contributed by atoms with E-state index in [1.165, 1.54) is 11.3 Å². The van der Waals surface area contributed by atoms with Gasteiger partial charge in [0.15, 0.2) is 0 Å². The first-order valence-corrected chi connectivity index (χ1v) is 5.92. The standard InChI is InChI=1S/C9H15F2N3OS/c1-2-12-5-9-14-13-8(16-9)3-4-15-6-7(10)11/h7,12H,2-6H2,1H3. The SMILES string of the molecule is CCNCc1nnc(CCOCC(F)F)s1. The third-order valence-corrected chi connectivity index (χ3v) is 2.72. The largest absolute Gasteiger partial charge is 0.375 e. The third-order valence-electron chi connectivity index (χ3n) is 1.74. The number of nitrogens with one attached hydrogen (secondary N) is 1. The van der Waals surface area contributed by atoms with E-state index in [1.807, 2.05) is 6.92 Å². The predicted molar refractivity (Wildman–Crippen MR) is 57.8 cm³/mol. The number of nitrogens with zero attached hydrogens (tertiary/aromatic N) is 2. The molecule has 1 N–H and O–H groups in total. The Balaban J connectivity index is 2.19. The monoisotopic (exact) mass is 251 g/mol. The zero-order valence-corrected chi connectivity index (χ0v) is 9.90. The van der Waals surface area contributed by atoms with Gasteiger partial charge in [0.1, 0.15) is 16.6 Å². The van der Waals surface area contributed by atoms with Crippen LogP contribution in [-0.2, 0) is 17.7 Å². The lowest BCUT2D eigenvalue weighted by Crippen LogP contribution is -2.11. The molecular formula is C9H15F2N3OS. The molecule has 1 aromatic rings. The Morgan fingerprint density at radius 2 is 2.12 bits per heavy atom. The van der Waals surface area contributed by atoms with Crippen LogP contribution in [0.4, 0.5) is 8.78 Å². The maximum Gasteiger partial charge on any atom is 0.261 e. The molecule has 0 bridgehead atoms. The van der Waals surface area contributed by atoms with Crippen LogP contribution in [0, 0.1) is 0 Å². The minimum Gasteiger partial charge on any atom is -0.375 e. The van der Waals surface area contributed by atoms with E-state index in [-0.39, 0.29) is 6.61 Å². The van der Waals surface area contributed by atoms with Crippen LogP contribution in [0.25, 0.3) is 0 Å². The van der Waals surface area contributed by atoms with Crippen molar-refractivity contribution in [1.29, 1.82) is 0 Å². The maximum atomic E-state index is 11.7. The number of ether oxygens (including phenoxy) is 1. The quantitative estimate of drug-likeness (QED) is 0.711. The topological polar surface area (TPSA) is 47.0 Å². The van der Waals surface area contributed by atoms with Gasteiger partial charge >= 0.3 is 0 Å². The van der Waals surface area contributed by atoms with E-state index < -0.39 is 13.0 Å². The van der Waals surface area contributed by atoms with Gasteiger partial charge in [-0.3, -0.25) is 0 Å². The summed E-state index contributed by atoms with van der Waals surface area (Å²) in [5, 5.41) is 12.8. The molecule has 0 saturated carbocycles. The molecule has 0 aliphatic carbocycles. The Hall–Kier alpha value is -0.660. The Bertz CT molecular complexity index is 296. The van der Waals surface area contributed by atoms with E-state index >= 15 is 0 Å². The zero-order chi connectivity index (χ0) is 11.8. The van der Waals surface area contributed by atoms with E-state index in [0.717, 1.165) is 16.6 Å². The van der Waals surface area contributed by atoms with Crippen LogP contribution >= 0.6 is 11.3 Å². The smallest absolute Gasteiger partial charge is 0.261 e. The average Bonchev–Trinajstić information content (AvgIpc) is 2.69. The van der Waals surface area contributed by atoms with Gasteiger partial charge in [0.05, 0.1) is 6.61 Å². The lowest BCUT2D eigenvalue weighted by molar-refractivity contribution is 0.0186.